The van der Waals surface area contributed by atoms with E-state index >= 15 is 0 Å². The average molecular weight is 473 g/mol. The first-order chi connectivity index (χ1) is 15.5. The molecule has 1 N–H and O–H groups in total. The Hall–Kier alpha value is -2.34. The van der Waals surface area contributed by atoms with Crippen molar-refractivity contribution >= 4 is 29.2 Å². The van der Waals surface area contributed by atoms with E-state index in [1.165, 1.54) is 6.42 Å². The topological polar surface area (TPSA) is 67.2 Å². The number of rotatable bonds is 7. The third-order valence-electron chi connectivity index (χ3n) is 6.00. The van der Waals surface area contributed by atoms with Gasteiger partial charge in [-0.3, -0.25) is 9.59 Å². The highest BCUT2D eigenvalue weighted by Crippen LogP contribution is 2.28. The number of hydrogen-bond donors (Lipinski definition) is 1. The molecule has 0 spiro atoms. The summed E-state index contributed by atoms with van der Waals surface area (Å²) in [6.45, 7) is 11.0. The maximum absolute atomic E-state index is 13.2. The Balaban J connectivity index is 1.81. The monoisotopic (exact) mass is 472 g/mol. The second kappa shape index (κ2) is 10.7. The SMILES string of the molecule is CC(C)CN(CC(=O)Nc1cc(C(C)(C)C)nn1-c1ccc(Cl)cc1)C(=O)C1CCCCC1. The average Bonchev–Trinajstić information content (AvgIpc) is 3.17. The van der Waals surface area contributed by atoms with Crippen molar-refractivity contribution in [3.63, 3.8) is 0 Å². The maximum atomic E-state index is 13.2. The molecule has 1 saturated carbocycles. The van der Waals surface area contributed by atoms with Crippen LogP contribution in [0, 0.1) is 11.8 Å². The molecule has 1 aromatic heterocycles. The Kier molecular flexibility index (Phi) is 8.22. The maximum Gasteiger partial charge on any atom is 0.245 e. The molecule has 0 aliphatic heterocycles. The lowest BCUT2D eigenvalue weighted by atomic mass is 9.88. The number of halogens is 1. The number of aromatic nitrogens is 2. The lowest BCUT2D eigenvalue weighted by Gasteiger charge is -2.30. The van der Waals surface area contributed by atoms with Crippen molar-refractivity contribution in [2.24, 2.45) is 11.8 Å². The summed E-state index contributed by atoms with van der Waals surface area (Å²) in [6.07, 6.45) is 5.22. The van der Waals surface area contributed by atoms with Gasteiger partial charge >= 0.3 is 0 Å². The number of hydrogen-bond acceptors (Lipinski definition) is 3. The van der Waals surface area contributed by atoms with Crippen LogP contribution in [0.2, 0.25) is 5.02 Å². The standard InChI is InChI=1S/C26H37ClN4O2/c1-18(2)16-30(25(33)19-9-7-6-8-10-19)17-24(32)28-23-15-22(26(3,4)5)29-31(23)21-13-11-20(27)12-14-21/h11-15,18-19H,6-10,16-17H2,1-5H3,(H,28,32). The van der Waals surface area contributed by atoms with Gasteiger partial charge in [-0.2, -0.15) is 5.10 Å². The van der Waals surface area contributed by atoms with Gasteiger partial charge in [0.05, 0.1) is 17.9 Å². The molecule has 2 aromatic rings. The number of carbonyl (C=O) groups is 2. The normalized spacial score (nSPS) is 15.0. The van der Waals surface area contributed by atoms with Crippen molar-refractivity contribution in [1.29, 1.82) is 0 Å². The molecule has 3 rings (SSSR count). The van der Waals surface area contributed by atoms with Gasteiger partial charge in [0.15, 0.2) is 0 Å². The lowest BCUT2D eigenvalue weighted by molar-refractivity contribution is -0.139. The molecule has 1 aliphatic rings. The first-order valence-electron chi connectivity index (χ1n) is 12.0. The van der Waals surface area contributed by atoms with E-state index in [9.17, 15) is 9.59 Å². The Bertz CT molecular complexity index is 954. The van der Waals surface area contributed by atoms with Crippen molar-refractivity contribution in [1.82, 2.24) is 14.7 Å². The predicted octanol–water partition coefficient (Wildman–Crippen LogP) is 5.83. The molecule has 0 atom stereocenters. The Morgan fingerprint density at radius 1 is 1.15 bits per heavy atom. The summed E-state index contributed by atoms with van der Waals surface area (Å²) in [5.74, 6) is 0.812. The molecule has 1 fully saturated rings. The molecule has 0 saturated heterocycles. The van der Waals surface area contributed by atoms with Gasteiger partial charge in [-0.25, -0.2) is 4.68 Å². The minimum absolute atomic E-state index is 0.0392. The van der Waals surface area contributed by atoms with Crippen LogP contribution < -0.4 is 5.32 Å². The number of nitrogens with zero attached hydrogens (tertiary/aromatic N) is 3. The summed E-state index contributed by atoms with van der Waals surface area (Å²) in [4.78, 5) is 28.1. The zero-order chi connectivity index (χ0) is 24.2. The van der Waals surface area contributed by atoms with E-state index in [0.29, 0.717) is 17.4 Å². The zero-order valence-corrected chi connectivity index (χ0v) is 21.3. The Morgan fingerprint density at radius 2 is 1.79 bits per heavy atom. The predicted molar refractivity (Wildman–Crippen MR) is 134 cm³/mol. The summed E-state index contributed by atoms with van der Waals surface area (Å²) in [5, 5.41) is 8.40. The van der Waals surface area contributed by atoms with Crippen LogP contribution in [0.15, 0.2) is 30.3 Å². The highest BCUT2D eigenvalue weighted by Gasteiger charge is 2.28. The van der Waals surface area contributed by atoms with Gasteiger partial charge in [0.1, 0.15) is 5.82 Å². The first-order valence-corrected chi connectivity index (χ1v) is 12.4. The summed E-state index contributed by atoms with van der Waals surface area (Å²) in [5.41, 5.74) is 1.49. The van der Waals surface area contributed by atoms with Crippen LogP contribution in [-0.2, 0) is 15.0 Å². The van der Waals surface area contributed by atoms with Gasteiger partial charge in [-0.1, -0.05) is 65.5 Å². The number of anilines is 1. The fraction of sp³-hybridized carbons (Fsp3) is 0.577. The second-order valence-corrected chi connectivity index (χ2v) is 11.0. The van der Waals surface area contributed by atoms with Gasteiger partial charge < -0.3 is 10.2 Å². The molecule has 1 aromatic carbocycles. The van der Waals surface area contributed by atoms with Crippen molar-refractivity contribution in [3.8, 4) is 5.69 Å². The molecule has 0 bridgehead atoms. The van der Waals surface area contributed by atoms with Gasteiger partial charge in [-0.05, 0) is 43.0 Å². The summed E-state index contributed by atoms with van der Waals surface area (Å²) < 4.78 is 1.73. The molecule has 7 heteroatoms. The van der Waals surface area contributed by atoms with Crippen molar-refractivity contribution < 1.29 is 9.59 Å². The van der Waals surface area contributed by atoms with Gasteiger partial charge in [0, 0.05) is 29.0 Å². The summed E-state index contributed by atoms with van der Waals surface area (Å²) >= 11 is 6.06. The van der Waals surface area contributed by atoms with Crippen molar-refractivity contribution in [2.75, 3.05) is 18.4 Å². The molecule has 180 valence electrons. The fourth-order valence-electron chi connectivity index (χ4n) is 4.25. The van der Waals surface area contributed by atoms with E-state index in [-0.39, 0.29) is 35.6 Å². The van der Waals surface area contributed by atoms with Crippen LogP contribution >= 0.6 is 11.6 Å². The van der Waals surface area contributed by atoms with Crippen LogP contribution in [0.3, 0.4) is 0 Å². The zero-order valence-electron chi connectivity index (χ0n) is 20.5. The number of carbonyl (C=O) groups excluding carboxylic acids is 2. The molecular formula is C26H37ClN4O2. The molecule has 2 amide bonds. The Labute approximate surface area is 202 Å². The van der Waals surface area contributed by atoms with Crippen LogP contribution in [0.1, 0.15) is 72.4 Å². The highest BCUT2D eigenvalue weighted by atomic mass is 35.5. The van der Waals surface area contributed by atoms with Gasteiger partial charge in [0.25, 0.3) is 0 Å². The van der Waals surface area contributed by atoms with E-state index in [4.69, 9.17) is 16.7 Å². The van der Waals surface area contributed by atoms with Crippen LogP contribution in [-0.4, -0.2) is 39.6 Å². The van der Waals surface area contributed by atoms with E-state index in [1.807, 2.05) is 18.2 Å². The summed E-state index contributed by atoms with van der Waals surface area (Å²) in [6, 6.07) is 9.24. The van der Waals surface area contributed by atoms with E-state index in [0.717, 1.165) is 37.1 Å². The fourth-order valence-corrected chi connectivity index (χ4v) is 4.38. The lowest BCUT2D eigenvalue weighted by Crippen LogP contribution is -2.43. The van der Waals surface area contributed by atoms with E-state index in [1.54, 1.807) is 21.7 Å². The van der Waals surface area contributed by atoms with Crippen LogP contribution in [0.25, 0.3) is 5.69 Å². The quantitative estimate of drug-likeness (QED) is 0.551. The number of nitrogens with one attached hydrogen (secondary N) is 1. The highest BCUT2D eigenvalue weighted by molar-refractivity contribution is 6.30. The van der Waals surface area contributed by atoms with Gasteiger partial charge in [0.2, 0.25) is 11.8 Å². The minimum atomic E-state index is -0.213. The van der Waals surface area contributed by atoms with Crippen molar-refractivity contribution in [3.05, 3.63) is 41.0 Å². The van der Waals surface area contributed by atoms with Gasteiger partial charge in [-0.15, -0.1) is 0 Å². The largest absolute Gasteiger partial charge is 0.333 e. The Morgan fingerprint density at radius 3 is 2.36 bits per heavy atom. The summed E-state index contributed by atoms with van der Waals surface area (Å²) in [7, 11) is 0. The smallest absolute Gasteiger partial charge is 0.245 e. The molecule has 33 heavy (non-hydrogen) atoms. The number of benzene rings is 1. The third kappa shape index (κ3) is 6.83. The second-order valence-electron chi connectivity index (χ2n) is 10.5. The molecule has 0 unspecified atom stereocenters. The number of amides is 2. The molecule has 1 aliphatic carbocycles. The third-order valence-corrected chi connectivity index (χ3v) is 6.25. The molecule has 1 heterocycles. The van der Waals surface area contributed by atoms with Crippen LogP contribution in [0.4, 0.5) is 5.82 Å². The van der Waals surface area contributed by atoms with E-state index in [2.05, 4.69) is 39.9 Å². The minimum Gasteiger partial charge on any atom is -0.333 e. The molecule has 0 radical (unpaired) electrons. The van der Waals surface area contributed by atoms with E-state index < -0.39 is 0 Å². The first kappa shape index (κ1) is 25.3. The molecular weight excluding hydrogens is 436 g/mol. The van der Waals surface area contributed by atoms with Crippen LogP contribution in [0.5, 0.6) is 0 Å². The van der Waals surface area contributed by atoms with Crippen molar-refractivity contribution in [2.45, 2.75) is 72.1 Å². The molecule has 6 nitrogen and oxygen atoms in total.